The van der Waals surface area contributed by atoms with Gasteiger partial charge in [0.2, 0.25) is 5.91 Å². The number of aryl methyl sites for hydroxylation is 1. The Kier molecular flexibility index (Phi) is 6.18. The smallest absolute Gasteiger partial charge is 0.261 e. The van der Waals surface area contributed by atoms with E-state index in [1.54, 1.807) is 60.7 Å². The Morgan fingerprint density at radius 1 is 1.00 bits per heavy atom. The Morgan fingerprint density at radius 3 is 2.61 bits per heavy atom. The van der Waals surface area contributed by atoms with Crippen LogP contribution in [-0.2, 0) is 11.4 Å². The van der Waals surface area contributed by atoms with Crippen LogP contribution in [0.15, 0.2) is 66.7 Å². The minimum absolute atomic E-state index is 0.00263. The maximum Gasteiger partial charge on any atom is 0.261 e. The molecule has 3 aromatic carbocycles. The van der Waals surface area contributed by atoms with Crippen molar-refractivity contribution in [1.29, 1.82) is 5.26 Å². The van der Waals surface area contributed by atoms with Crippen molar-refractivity contribution in [2.75, 3.05) is 11.9 Å². The van der Waals surface area contributed by atoms with Gasteiger partial charge in [0, 0.05) is 24.7 Å². The summed E-state index contributed by atoms with van der Waals surface area (Å²) in [5.74, 6) is -0.506. The van der Waals surface area contributed by atoms with Gasteiger partial charge in [-0.2, -0.15) is 5.26 Å². The number of rotatable bonds is 7. The number of benzene rings is 3. The number of carbonyl (C=O) groups is 3. The first-order valence-electron chi connectivity index (χ1n) is 10.4. The average molecular weight is 439 g/mol. The lowest BCUT2D eigenvalue weighted by Gasteiger charge is -2.14. The third-order valence-corrected chi connectivity index (χ3v) is 5.27. The fourth-order valence-corrected chi connectivity index (χ4v) is 3.61. The zero-order valence-electron chi connectivity index (χ0n) is 18.0. The first-order valence-corrected chi connectivity index (χ1v) is 10.4. The van der Waals surface area contributed by atoms with Crippen LogP contribution in [-0.4, -0.2) is 29.2 Å². The largest absolute Gasteiger partial charge is 0.489 e. The molecule has 7 heteroatoms. The second-order valence-corrected chi connectivity index (χ2v) is 7.74. The lowest BCUT2D eigenvalue weighted by molar-refractivity contribution is -0.116. The number of hydrogen-bond acceptors (Lipinski definition) is 5. The Labute approximate surface area is 191 Å². The van der Waals surface area contributed by atoms with E-state index < -0.39 is 0 Å². The van der Waals surface area contributed by atoms with Crippen molar-refractivity contribution in [2.45, 2.75) is 20.0 Å². The molecule has 0 atom stereocenters. The molecule has 1 N–H and O–H groups in total. The number of imide groups is 1. The van der Waals surface area contributed by atoms with E-state index in [0.717, 1.165) is 16.0 Å². The van der Waals surface area contributed by atoms with Gasteiger partial charge in [0.1, 0.15) is 12.4 Å². The van der Waals surface area contributed by atoms with Gasteiger partial charge in [-0.15, -0.1) is 0 Å². The lowest BCUT2D eigenvalue weighted by atomic mass is 10.1. The van der Waals surface area contributed by atoms with Gasteiger partial charge in [-0.05, 0) is 48.9 Å². The van der Waals surface area contributed by atoms with Gasteiger partial charge < -0.3 is 10.1 Å². The average Bonchev–Trinajstić information content (AvgIpc) is 3.05. The molecule has 0 radical (unpaired) electrons. The van der Waals surface area contributed by atoms with Crippen LogP contribution in [0.2, 0.25) is 0 Å². The zero-order chi connectivity index (χ0) is 23.4. The Bertz CT molecular complexity index is 1290. The minimum Gasteiger partial charge on any atom is -0.489 e. The van der Waals surface area contributed by atoms with Gasteiger partial charge in [0.05, 0.1) is 22.8 Å². The summed E-state index contributed by atoms with van der Waals surface area (Å²) >= 11 is 0. The second-order valence-electron chi connectivity index (χ2n) is 7.74. The summed E-state index contributed by atoms with van der Waals surface area (Å²) < 4.78 is 5.77. The van der Waals surface area contributed by atoms with Crippen molar-refractivity contribution < 1.29 is 19.1 Å². The third kappa shape index (κ3) is 4.91. The molecule has 0 spiro atoms. The van der Waals surface area contributed by atoms with E-state index in [1.807, 2.05) is 13.0 Å². The van der Waals surface area contributed by atoms with Crippen LogP contribution < -0.4 is 10.1 Å². The summed E-state index contributed by atoms with van der Waals surface area (Å²) in [7, 11) is 0. The summed E-state index contributed by atoms with van der Waals surface area (Å²) in [5.41, 5.74) is 3.61. The molecule has 0 aromatic heterocycles. The predicted octanol–water partition coefficient (Wildman–Crippen LogP) is 4.07. The molecule has 4 rings (SSSR count). The Balaban J connectivity index is 1.32. The number of fused-ring (bicyclic) bond motifs is 1. The van der Waals surface area contributed by atoms with Crippen LogP contribution in [0.3, 0.4) is 0 Å². The molecule has 0 saturated carbocycles. The van der Waals surface area contributed by atoms with E-state index in [4.69, 9.17) is 10.00 Å². The summed E-state index contributed by atoms with van der Waals surface area (Å²) in [6, 6.07) is 21.3. The number of amides is 3. The Morgan fingerprint density at radius 2 is 1.79 bits per heavy atom. The highest BCUT2D eigenvalue weighted by atomic mass is 16.5. The predicted molar refractivity (Wildman–Crippen MR) is 122 cm³/mol. The maximum absolute atomic E-state index is 12.5. The van der Waals surface area contributed by atoms with Gasteiger partial charge in [0.25, 0.3) is 11.8 Å². The maximum atomic E-state index is 12.5. The van der Waals surface area contributed by atoms with Crippen molar-refractivity contribution in [3.63, 3.8) is 0 Å². The van der Waals surface area contributed by atoms with Crippen molar-refractivity contribution >= 4 is 23.4 Å². The highest BCUT2D eigenvalue weighted by Crippen LogP contribution is 2.24. The first kappa shape index (κ1) is 21.8. The van der Waals surface area contributed by atoms with Crippen LogP contribution in [0.5, 0.6) is 5.75 Å². The number of carbonyl (C=O) groups excluding carboxylic acids is 3. The quantitative estimate of drug-likeness (QED) is 0.560. The fraction of sp³-hybridized carbons (Fsp3) is 0.154. The molecule has 33 heavy (non-hydrogen) atoms. The fourth-order valence-electron chi connectivity index (χ4n) is 3.61. The molecule has 0 bridgehead atoms. The molecule has 3 aromatic rings. The number of ether oxygens (including phenoxy) is 1. The molecule has 0 fully saturated rings. The van der Waals surface area contributed by atoms with Gasteiger partial charge in [0.15, 0.2) is 0 Å². The highest BCUT2D eigenvalue weighted by molar-refractivity contribution is 6.21. The van der Waals surface area contributed by atoms with E-state index in [-0.39, 0.29) is 37.3 Å². The second kappa shape index (κ2) is 9.37. The number of hydrogen-bond donors (Lipinski definition) is 1. The van der Waals surface area contributed by atoms with Gasteiger partial charge >= 0.3 is 0 Å². The summed E-state index contributed by atoms with van der Waals surface area (Å²) in [5, 5.41) is 11.8. The van der Waals surface area contributed by atoms with Crippen molar-refractivity contribution in [1.82, 2.24) is 4.90 Å². The molecule has 1 aliphatic heterocycles. The van der Waals surface area contributed by atoms with E-state index in [9.17, 15) is 14.4 Å². The molecule has 1 heterocycles. The zero-order valence-corrected chi connectivity index (χ0v) is 18.0. The molecule has 1 aliphatic rings. The summed E-state index contributed by atoms with van der Waals surface area (Å²) in [6.45, 7) is 2.14. The molecule has 3 amide bonds. The van der Waals surface area contributed by atoms with Crippen LogP contribution in [0, 0.1) is 18.3 Å². The van der Waals surface area contributed by atoms with E-state index in [0.29, 0.717) is 28.1 Å². The molecular formula is C26H21N3O4. The topological polar surface area (TPSA) is 99.5 Å². The molecule has 164 valence electrons. The monoisotopic (exact) mass is 439 g/mol. The van der Waals surface area contributed by atoms with Crippen molar-refractivity contribution in [2.24, 2.45) is 0 Å². The SMILES string of the molecule is Cc1ccc2c(c1)C(=O)N(CCC(=O)Nc1cccc(OCc3cccc(C#N)c3)c1)C2=O. The number of anilines is 1. The van der Waals surface area contributed by atoms with Gasteiger partial charge in [-0.3, -0.25) is 19.3 Å². The Hall–Kier alpha value is -4.44. The molecule has 0 saturated heterocycles. The standard InChI is InChI=1S/C26H21N3O4/c1-17-8-9-22-23(12-17)26(32)29(25(22)31)11-10-24(30)28-20-6-3-7-21(14-20)33-16-19-5-2-4-18(13-19)15-27/h2-9,12-14H,10-11,16H2,1H3,(H,28,30). The van der Waals surface area contributed by atoms with Crippen molar-refractivity contribution in [3.05, 3.63) is 94.5 Å². The number of nitrogens with one attached hydrogen (secondary N) is 1. The molecular weight excluding hydrogens is 418 g/mol. The van der Waals surface area contributed by atoms with Crippen LogP contribution >= 0.6 is 0 Å². The van der Waals surface area contributed by atoms with E-state index in [2.05, 4.69) is 11.4 Å². The lowest BCUT2D eigenvalue weighted by Crippen LogP contribution is -2.32. The molecule has 7 nitrogen and oxygen atoms in total. The minimum atomic E-state index is -0.376. The van der Waals surface area contributed by atoms with Gasteiger partial charge in [-0.25, -0.2) is 0 Å². The number of nitrogens with zero attached hydrogens (tertiary/aromatic N) is 2. The normalized spacial score (nSPS) is 12.3. The van der Waals surface area contributed by atoms with Crippen LogP contribution in [0.1, 0.15) is 43.8 Å². The number of nitriles is 1. The third-order valence-electron chi connectivity index (χ3n) is 5.27. The van der Waals surface area contributed by atoms with Crippen molar-refractivity contribution in [3.8, 4) is 11.8 Å². The van der Waals surface area contributed by atoms with E-state index >= 15 is 0 Å². The van der Waals surface area contributed by atoms with Gasteiger partial charge in [-0.1, -0.05) is 29.8 Å². The van der Waals surface area contributed by atoms with Crippen LogP contribution in [0.25, 0.3) is 0 Å². The molecule has 0 aliphatic carbocycles. The molecule has 0 unspecified atom stereocenters. The van der Waals surface area contributed by atoms with Crippen LogP contribution in [0.4, 0.5) is 5.69 Å². The highest BCUT2D eigenvalue weighted by Gasteiger charge is 2.35. The summed E-state index contributed by atoms with van der Waals surface area (Å²) in [4.78, 5) is 38.6. The summed E-state index contributed by atoms with van der Waals surface area (Å²) in [6.07, 6.45) is -0.0174. The van der Waals surface area contributed by atoms with E-state index in [1.165, 1.54) is 0 Å². The first-order chi connectivity index (χ1) is 15.9.